The summed E-state index contributed by atoms with van der Waals surface area (Å²) < 4.78 is 5.54. The van der Waals surface area contributed by atoms with Crippen LogP contribution in [0, 0.1) is 6.92 Å². The molecule has 6 nitrogen and oxygen atoms in total. The summed E-state index contributed by atoms with van der Waals surface area (Å²) in [4.78, 5) is 16.4. The predicted molar refractivity (Wildman–Crippen MR) is 97.4 cm³/mol. The second-order valence-corrected chi connectivity index (χ2v) is 6.31. The topological polar surface area (TPSA) is 80.9 Å². The molecule has 2 aromatic heterocycles. The summed E-state index contributed by atoms with van der Waals surface area (Å²) in [6, 6.07) is 11.5. The van der Waals surface area contributed by atoms with Crippen LogP contribution in [0.5, 0.6) is 0 Å². The summed E-state index contributed by atoms with van der Waals surface area (Å²) in [5.41, 5.74) is 3.66. The maximum absolute atomic E-state index is 12.2. The van der Waals surface area contributed by atoms with Crippen molar-refractivity contribution in [3.8, 4) is 11.6 Å². The van der Waals surface area contributed by atoms with E-state index in [9.17, 15) is 4.79 Å². The van der Waals surface area contributed by atoms with Crippen molar-refractivity contribution in [3.05, 3.63) is 53.7 Å². The molecule has 0 spiro atoms. The third-order valence-corrected chi connectivity index (χ3v) is 4.44. The number of rotatable bonds is 6. The summed E-state index contributed by atoms with van der Waals surface area (Å²) in [6.45, 7) is 4.05. The largest absolute Gasteiger partial charge is 0.410 e. The molecule has 7 heteroatoms. The van der Waals surface area contributed by atoms with Crippen molar-refractivity contribution in [3.63, 3.8) is 0 Å². The highest BCUT2D eigenvalue weighted by molar-refractivity contribution is 7.99. The number of nitrogens with one attached hydrogen (secondary N) is 1. The van der Waals surface area contributed by atoms with Gasteiger partial charge in [0.25, 0.3) is 11.1 Å². The molecule has 0 saturated heterocycles. The summed E-state index contributed by atoms with van der Waals surface area (Å²) in [5, 5.41) is 11.2. The molecule has 0 bridgehead atoms. The molecule has 0 aliphatic heterocycles. The first-order chi connectivity index (χ1) is 12.2. The van der Waals surface area contributed by atoms with Crippen molar-refractivity contribution in [1.82, 2.24) is 15.2 Å². The Morgan fingerprint density at radius 2 is 2.08 bits per heavy atom. The fourth-order valence-electron chi connectivity index (χ4n) is 2.37. The third-order valence-electron chi connectivity index (χ3n) is 3.62. The van der Waals surface area contributed by atoms with Gasteiger partial charge in [-0.3, -0.25) is 9.78 Å². The van der Waals surface area contributed by atoms with Gasteiger partial charge < -0.3 is 9.73 Å². The minimum atomic E-state index is -0.105. The lowest BCUT2D eigenvalue weighted by atomic mass is 10.1. The van der Waals surface area contributed by atoms with Crippen LogP contribution in [0.25, 0.3) is 11.6 Å². The van der Waals surface area contributed by atoms with Gasteiger partial charge in [-0.1, -0.05) is 43.0 Å². The molecular weight excluding hydrogens is 336 g/mol. The van der Waals surface area contributed by atoms with E-state index in [1.807, 2.05) is 37.3 Å². The molecule has 0 fully saturated rings. The average Bonchev–Trinajstić information content (AvgIpc) is 3.11. The molecule has 0 atom stereocenters. The molecule has 0 unspecified atom stereocenters. The Morgan fingerprint density at radius 3 is 2.84 bits per heavy atom. The maximum atomic E-state index is 12.2. The Kier molecular flexibility index (Phi) is 5.45. The zero-order chi connectivity index (χ0) is 17.6. The zero-order valence-electron chi connectivity index (χ0n) is 14.0. The number of para-hydroxylation sites is 1. The fourth-order valence-corrected chi connectivity index (χ4v) is 2.93. The Hall–Kier alpha value is -2.67. The lowest BCUT2D eigenvalue weighted by Crippen LogP contribution is -2.16. The first kappa shape index (κ1) is 17.2. The van der Waals surface area contributed by atoms with E-state index in [-0.39, 0.29) is 11.7 Å². The van der Waals surface area contributed by atoms with E-state index in [0.717, 1.165) is 23.2 Å². The number of aromatic nitrogens is 3. The molecular formula is C18H18N4O2S. The zero-order valence-corrected chi connectivity index (χ0v) is 14.8. The molecule has 25 heavy (non-hydrogen) atoms. The van der Waals surface area contributed by atoms with Crippen molar-refractivity contribution in [2.45, 2.75) is 25.5 Å². The van der Waals surface area contributed by atoms with Gasteiger partial charge in [0.15, 0.2) is 0 Å². The van der Waals surface area contributed by atoms with Crippen molar-refractivity contribution >= 4 is 23.4 Å². The van der Waals surface area contributed by atoms with E-state index < -0.39 is 0 Å². The van der Waals surface area contributed by atoms with Crippen LogP contribution in [0.3, 0.4) is 0 Å². The van der Waals surface area contributed by atoms with Crippen LogP contribution in [0.1, 0.15) is 18.1 Å². The SMILES string of the molecule is CCc1cccc(C)c1NC(=O)CSc1nnc(-c2ccccn2)o1. The minimum absolute atomic E-state index is 0.105. The molecule has 2 heterocycles. The van der Waals surface area contributed by atoms with Crippen LogP contribution in [-0.4, -0.2) is 26.8 Å². The summed E-state index contributed by atoms with van der Waals surface area (Å²) in [6.07, 6.45) is 2.52. The Balaban J connectivity index is 1.61. The van der Waals surface area contributed by atoms with E-state index in [4.69, 9.17) is 4.42 Å². The first-order valence-electron chi connectivity index (χ1n) is 7.93. The van der Waals surface area contributed by atoms with Crippen LogP contribution >= 0.6 is 11.8 Å². The van der Waals surface area contributed by atoms with Crippen LogP contribution in [0.15, 0.2) is 52.2 Å². The molecule has 3 rings (SSSR count). The number of aryl methyl sites for hydroxylation is 2. The van der Waals surface area contributed by atoms with E-state index in [1.165, 1.54) is 11.8 Å². The summed E-state index contributed by atoms with van der Waals surface area (Å²) >= 11 is 1.20. The molecule has 0 saturated carbocycles. The number of anilines is 1. The van der Waals surface area contributed by atoms with Crippen LogP contribution in [0.2, 0.25) is 0 Å². The number of benzene rings is 1. The van der Waals surface area contributed by atoms with Crippen LogP contribution in [0.4, 0.5) is 5.69 Å². The molecule has 128 valence electrons. The van der Waals surface area contributed by atoms with Gasteiger partial charge in [0.2, 0.25) is 5.91 Å². The predicted octanol–water partition coefficient (Wildman–Crippen LogP) is 3.73. The summed E-state index contributed by atoms with van der Waals surface area (Å²) in [5.74, 6) is 0.434. The second-order valence-electron chi connectivity index (χ2n) is 5.39. The standard InChI is InChI=1S/C18H18N4O2S/c1-3-13-8-6-7-12(2)16(13)20-15(23)11-25-18-22-21-17(24-18)14-9-4-5-10-19-14/h4-10H,3,11H2,1-2H3,(H,20,23). The van der Waals surface area contributed by atoms with Crippen molar-refractivity contribution in [1.29, 1.82) is 0 Å². The number of hydrogen-bond acceptors (Lipinski definition) is 6. The second kappa shape index (κ2) is 7.94. The van der Waals surface area contributed by atoms with Crippen LogP contribution < -0.4 is 5.32 Å². The molecule has 0 aliphatic carbocycles. The van der Waals surface area contributed by atoms with Gasteiger partial charge in [0, 0.05) is 11.9 Å². The number of pyridine rings is 1. The monoisotopic (exact) mass is 354 g/mol. The number of carbonyl (C=O) groups excluding carboxylic acids is 1. The average molecular weight is 354 g/mol. The van der Waals surface area contributed by atoms with Gasteiger partial charge >= 0.3 is 0 Å². The summed E-state index contributed by atoms with van der Waals surface area (Å²) in [7, 11) is 0. The van der Waals surface area contributed by atoms with E-state index in [2.05, 4.69) is 27.4 Å². The smallest absolute Gasteiger partial charge is 0.277 e. The normalized spacial score (nSPS) is 10.6. The fraction of sp³-hybridized carbons (Fsp3) is 0.222. The van der Waals surface area contributed by atoms with Gasteiger partial charge in [-0.05, 0) is 36.6 Å². The first-order valence-corrected chi connectivity index (χ1v) is 8.92. The van der Waals surface area contributed by atoms with Crippen molar-refractivity contribution < 1.29 is 9.21 Å². The van der Waals surface area contributed by atoms with Crippen LogP contribution in [-0.2, 0) is 11.2 Å². The quantitative estimate of drug-likeness (QED) is 0.679. The third kappa shape index (κ3) is 4.24. The number of thioether (sulfide) groups is 1. The molecule has 1 amide bonds. The minimum Gasteiger partial charge on any atom is -0.410 e. The van der Waals surface area contributed by atoms with Crippen molar-refractivity contribution in [2.24, 2.45) is 0 Å². The van der Waals surface area contributed by atoms with Crippen molar-refractivity contribution in [2.75, 3.05) is 11.1 Å². The molecule has 3 aromatic rings. The lowest BCUT2D eigenvalue weighted by molar-refractivity contribution is -0.113. The molecule has 0 radical (unpaired) electrons. The number of amides is 1. The highest BCUT2D eigenvalue weighted by Crippen LogP contribution is 2.24. The van der Waals surface area contributed by atoms with Gasteiger partial charge in [0.1, 0.15) is 5.69 Å². The number of carbonyl (C=O) groups is 1. The van der Waals surface area contributed by atoms with E-state index >= 15 is 0 Å². The van der Waals surface area contributed by atoms with E-state index in [0.29, 0.717) is 16.8 Å². The number of hydrogen-bond donors (Lipinski definition) is 1. The molecule has 0 aliphatic rings. The number of nitrogens with zero attached hydrogens (tertiary/aromatic N) is 3. The Labute approximate surface area is 150 Å². The maximum Gasteiger partial charge on any atom is 0.277 e. The van der Waals surface area contributed by atoms with Gasteiger partial charge in [-0.25, -0.2) is 0 Å². The Bertz CT molecular complexity index is 865. The van der Waals surface area contributed by atoms with Gasteiger partial charge in [0.05, 0.1) is 5.75 Å². The van der Waals surface area contributed by atoms with E-state index in [1.54, 1.807) is 12.3 Å². The molecule has 1 N–H and O–H groups in total. The Morgan fingerprint density at radius 1 is 1.20 bits per heavy atom. The van der Waals surface area contributed by atoms with Gasteiger partial charge in [-0.15, -0.1) is 10.2 Å². The van der Waals surface area contributed by atoms with Gasteiger partial charge in [-0.2, -0.15) is 0 Å². The highest BCUT2D eigenvalue weighted by atomic mass is 32.2. The molecule has 1 aromatic carbocycles. The lowest BCUT2D eigenvalue weighted by Gasteiger charge is -2.12. The highest BCUT2D eigenvalue weighted by Gasteiger charge is 2.13.